The van der Waals surface area contributed by atoms with E-state index in [-0.39, 0.29) is 17.5 Å². The summed E-state index contributed by atoms with van der Waals surface area (Å²) >= 11 is 3.08. The Morgan fingerprint density at radius 2 is 2.28 bits per heavy atom. The van der Waals surface area contributed by atoms with Crippen molar-refractivity contribution >= 4 is 21.8 Å². The third kappa shape index (κ3) is 3.29. The molecule has 0 radical (unpaired) electrons. The maximum atomic E-state index is 13.8. The minimum Gasteiger partial charge on any atom is -0.348 e. The average molecular weight is 315 g/mol. The molecule has 0 saturated carbocycles. The molecule has 1 aromatic carbocycles. The minimum atomic E-state index is -0.503. The van der Waals surface area contributed by atoms with Crippen molar-refractivity contribution in [1.82, 2.24) is 10.6 Å². The average Bonchev–Trinajstić information content (AvgIpc) is 2.61. The second-order valence-electron chi connectivity index (χ2n) is 4.47. The lowest BCUT2D eigenvalue weighted by Gasteiger charge is -2.16. The van der Waals surface area contributed by atoms with Crippen LogP contribution in [-0.4, -0.2) is 25.0 Å². The number of nitrogens with one attached hydrogen (secondary N) is 2. The summed E-state index contributed by atoms with van der Waals surface area (Å²) in [6, 6.07) is 4.82. The maximum absolute atomic E-state index is 13.8. The van der Waals surface area contributed by atoms with Crippen LogP contribution in [0.5, 0.6) is 0 Å². The number of amides is 1. The molecule has 0 aromatic heterocycles. The molecule has 3 nitrogen and oxygen atoms in total. The molecule has 5 heteroatoms. The van der Waals surface area contributed by atoms with E-state index in [2.05, 4.69) is 26.6 Å². The largest absolute Gasteiger partial charge is 0.348 e. The first-order chi connectivity index (χ1) is 8.68. The van der Waals surface area contributed by atoms with Gasteiger partial charge in [0.25, 0.3) is 5.91 Å². The van der Waals surface area contributed by atoms with Crippen molar-refractivity contribution in [2.75, 3.05) is 13.1 Å². The fourth-order valence-corrected chi connectivity index (χ4v) is 2.45. The number of hydrogen-bond acceptors (Lipinski definition) is 2. The minimum absolute atomic E-state index is 0.0818. The molecule has 0 aliphatic carbocycles. The van der Waals surface area contributed by atoms with E-state index in [1.54, 1.807) is 12.1 Å². The highest BCUT2D eigenvalue weighted by molar-refractivity contribution is 9.10. The fourth-order valence-electron chi connectivity index (χ4n) is 2.08. The van der Waals surface area contributed by atoms with Gasteiger partial charge in [0.15, 0.2) is 0 Å². The second-order valence-corrected chi connectivity index (χ2v) is 5.33. The molecular formula is C13H16BrFN2O. The Labute approximate surface area is 114 Å². The quantitative estimate of drug-likeness (QED) is 0.880. The van der Waals surface area contributed by atoms with Gasteiger partial charge in [-0.1, -0.05) is 12.5 Å². The number of halogens is 2. The molecule has 2 N–H and O–H groups in total. The highest BCUT2D eigenvalue weighted by atomic mass is 79.9. The van der Waals surface area contributed by atoms with Crippen molar-refractivity contribution in [3.05, 3.63) is 34.1 Å². The Balaban J connectivity index is 2.04. The first kappa shape index (κ1) is 13.5. The topological polar surface area (TPSA) is 41.1 Å². The Hall–Kier alpha value is -0.940. The van der Waals surface area contributed by atoms with Crippen molar-refractivity contribution in [1.29, 1.82) is 0 Å². The molecular weight excluding hydrogens is 299 g/mol. The van der Waals surface area contributed by atoms with E-state index in [0.717, 1.165) is 32.4 Å². The van der Waals surface area contributed by atoms with Crippen molar-refractivity contribution in [3.8, 4) is 0 Å². The molecule has 1 heterocycles. The van der Waals surface area contributed by atoms with E-state index in [0.29, 0.717) is 4.47 Å². The zero-order valence-electron chi connectivity index (χ0n) is 10.0. The van der Waals surface area contributed by atoms with E-state index < -0.39 is 5.82 Å². The van der Waals surface area contributed by atoms with Gasteiger partial charge in [-0.2, -0.15) is 0 Å². The smallest absolute Gasteiger partial charge is 0.254 e. The van der Waals surface area contributed by atoms with Gasteiger partial charge >= 0.3 is 0 Å². The fraction of sp³-hybridized carbons (Fsp3) is 0.462. The maximum Gasteiger partial charge on any atom is 0.254 e. The van der Waals surface area contributed by atoms with Crippen molar-refractivity contribution in [3.63, 3.8) is 0 Å². The molecule has 18 heavy (non-hydrogen) atoms. The van der Waals surface area contributed by atoms with Crippen LogP contribution in [0.25, 0.3) is 0 Å². The number of carbonyl (C=O) groups excluding carboxylic acids is 1. The first-order valence-corrected chi connectivity index (χ1v) is 6.93. The Morgan fingerprint density at radius 1 is 1.44 bits per heavy atom. The molecule has 1 saturated heterocycles. The SMILES string of the molecule is O=C(NC1CCCCNC1)c1cccc(Br)c1F. The van der Waals surface area contributed by atoms with Gasteiger partial charge in [-0.3, -0.25) is 4.79 Å². The van der Waals surface area contributed by atoms with Gasteiger partial charge in [0.2, 0.25) is 0 Å². The van der Waals surface area contributed by atoms with E-state index >= 15 is 0 Å². The van der Waals surface area contributed by atoms with Crippen molar-refractivity contribution < 1.29 is 9.18 Å². The number of hydrogen-bond donors (Lipinski definition) is 2. The molecule has 0 bridgehead atoms. The molecule has 1 unspecified atom stereocenters. The van der Waals surface area contributed by atoms with Gasteiger partial charge in [-0.25, -0.2) is 4.39 Å². The van der Waals surface area contributed by atoms with Crippen LogP contribution in [0.1, 0.15) is 29.6 Å². The highest BCUT2D eigenvalue weighted by Crippen LogP contribution is 2.18. The summed E-state index contributed by atoms with van der Waals surface area (Å²) in [4.78, 5) is 12.0. The molecule has 1 aromatic rings. The van der Waals surface area contributed by atoms with Gasteiger partial charge in [-0.15, -0.1) is 0 Å². The normalized spacial score (nSPS) is 20.2. The summed E-state index contributed by atoms with van der Waals surface area (Å²) in [5.41, 5.74) is 0.0913. The standard InChI is InChI=1S/C13H16BrFN2O/c14-11-6-3-5-10(12(11)15)13(18)17-9-4-1-2-7-16-8-9/h3,5-6,9,16H,1-2,4,7-8H2,(H,17,18). The first-order valence-electron chi connectivity index (χ1n) is 6.14. The molecule has 1 amide bonds. The lowest BCUT2D eigenvalue weighted by molar-refractivity contribution is 0.0931. The van der Waals surface area contributed by atoms with Gasteiger partial charge in [0, 0.05) is 12.6 Å². The zero-order chi connectivity index (χ0) is 13.0. The van der Waals surface area contributed by atoms with Crippen molar-refractivity contribution in [2.45, 2.75) is 25.3 Å². The number of carbonyl (C=O) groups is 1. The van der Waals surface area contributed by atoms with Crippen LogP contribution in [0.4, 0.5) is 4.39 Å². The molecule has 0 spiro atoms. The van der Waals surface area contributed by atoms with Crippen LogP contribution in [0, 0.1) is 5.82 Å². The lowest BCUT2D eigenvalue weighted by atomic mass is 10.1. The summed E-state index contributed by atoms with van der Waals surface area (Å²) in [7, 11) is 0. The van der Waals surface area contributed by atoms with E-state index in [4.69, 9.17) is 0 Å². The Kier molecular flexibility index (Phi) is 4.72. The van der Waals surface area contributed by atoms with Gasteiger partial charge < -0.3 is 10.6 Å². The number of rotatable bonds is 2. The van der Waals surface area contributed by atoms with E-state index in [1.165, 1.54) is 6.07 Å². The monoisotopic (exact) mass is 314 g/mol. The lowest BCUT2D eigenvalue weighted by Crippen LogP contribution is -2.41. The third-order valence-corrected chi connectivity index (χ3v) is 3.69. The highest BCUT2D eigenvalue weighted by Gasteiger charge is 2.18. The van der Waals surface area contributed by atoms with Crippen LogP contribution in [0.3, 0.4) is 0 Å². The predicted molar refractivity (Wildman–Crippen MR) is 72.1 cm³/mol. The zero-order valence-corrected chi connectivity index (χ0v) is 11.6. The molecule has 1 atom stereocenters. The molecule has 98 valence electrons. The summed E-state index contributed by atoms with van der Waals surface area (Å²) in [6.45, 7) is 1.74. The molecule has 2 rings (SSSR count). The second kappa shape index (κ2) is 6.29. The summed E-state index contributed by atoms with van der Waals surface area (Å²) < 4.78 is 14.1. The predicted octanol–water partition coefficient (Wildman–Crippen LogP) is 2.46. The van der Waals surface area contributed by atoms with Crippen LogP contribution < -0.4 is 10.6 Å². The van der Waals surface area contributed by atoms with E-state index in [9.17, 15) is 9.18 Å². The van der Waals surface area contributed by atoms with Gasteiger partial charge in [-0.05, 0) is 47.4 Å². The van der Waals surface area contributed by atoms with E-state index in [1.807, 2.05) is 0 Å². The number of benzene rings is 1. The molecule has 1 aliphatic rings. The van der Waals surface area contributed by atoms with Crippen LogP contribution in [-0.2, 0) is 0 Å². The third-order valence-electron chi connectivity index (χ3n) is 3.08. The Bertz CT molecular complexity index is 431. The van der Waals surface area contributed by atoms with Crippen LogP contribution in [0.2, 0.25) is 0 Å². The van der Waals surface area contributed by atoms with Crippen LogP contribution in [0.15, 0.2) is 22.7 Å². The van der Waals surface area contributed by atoms with Crippen molar-refractivity contribution in [2.24, 2.45) is 0 Å². The van der Waals surface area contributed by atoms with Gasteiger partial charge in [0.05, 0.1) is 10.0 Å². The van der Waals surface area contributed by atoms with Gasteiger partial charge in [0.1, 0.15) is 5.82 Å². The van der Waals surface area contributed by atoms with Crippen LogP contribution >= 0.6 is 15.9 Å². The Morgan fingerprint density at radius 3 is 3.11 bits per heavy atom. The summed E-state index contributed by atoms with van der Waals surface area (Å²) in [5.74, 6) is -0.848. The molecule has 1 fully saturated rings. The summed E-state index contributed by atoms with van der Waals surface area (Å²) in [6.07, 6.45) is 3.14. The summed E-state index contributed by atoms with van der Waals surface area (Å²) in [5, 5.41) is 6.14. The molecule has 1 aliphatic heterocycles.